The molecule has 1 aliphatic heterocycles. The maximum atomic E-state index is 12.5. The van der Waals surface area contributed by atoms with Gasteiger partial charge in [-0.05, 0) is 24.6 Å². The third kappa shape index (κ3) is 4.21. The molecule has 2 amide bonds. The molecule has 2 aromatic heterocycles. The third-order valence-electron chi connectivity index (χ3n) is 3.89. The zero-order valence-corrected chi connectivity index (χ0v) is 14.6. The number of rotatable bonds is 3. The molecule has 2 aromatic rings. The second-order valence-corrected chi connectivity index (χ2v) is 6.13. The molecule has 8 nitrogen and oxygen atoms in total. The van der Waals surface area contributed by atoms with Crippen molar-refractivity contribution in [3.05, 3.63) is 41.9 Å². The molecule has 132 valence electrons. The van der Waals surface area contributed by atoms with Gasteiger partial charge in [-0.15, -0.1) is 0 Å². The summed E-state index contributed by atoms with van der Waals surface area (Å²) in [7, 11) is 3.77. The van der Waals surface area contributed by atoms with Gasteiger partial charge in [0.25, 0.3) is 0 Å². The average Bonchev–Trinajstić information content (AvgIpc) is 2.64. The fourth-order valence-electron chi connectivity index (χ4n) is 2.50. The Labute approximate surface area is 146 Å². The number of nitrogens with one attached hydrogen (secondary N) is 1. The molecule has 1 fully saturated rings. The predicted molar refractivity (Wildman–Crippen MR) is 94.6 cm³/mol. The van der Waals surface area contributed by atoms with Crippen LogP contribution in [0.1, 0.15) is 17.4 Å². The molecule has 1 N–H and O–H groups in total. The first kappa shape index (κ1) is 17.1. The SMILES string of the molecule is Cc1ccc(NC(=O)N2CCOC(c3ccnc(N(C)C)n3)C2)nc1. The second-order valence-electron chi connectivity index (χ2n) is 6.13. The van der Waals surface area contributed by atoms with E-state index in [1.54, 1.807) is 23.4 Å². The molecule has 0 aliphatic carbocycles. The number of pyridine rings is 1. The van der Waals surface area contributed by atoms with Crippen LogP contribution < -0.4 is 10.2 Å². The normalized spacial score (nSPS) is 17.2. The molecule has 25 heavy (non-hydrogen) atoms. The summed E-state index contributed by atoms with van der Waals surface area (Å²) in [6, 6.07) is 5.33. The highest BCUT2D eigenvalue weighted by Crippen LogP contribution is 2.22. The molecular weight excluding hydrogens is 320 g/mol. The highest BCUT2D eigenvalue weighted by molar-refractivity contribution is 5.88. The Kier molecular flexibility index (Phi) is 5.08. The molecular formula is C17H22N6O2. The van der Waals surface area contributed by atoms with E-state index in [-0.39, 0.29) is 12.1 Å². The van der Waals surface area contributed by atoms with Crippen LogP contribution in [-0.4, -0.2) is 59.7 Å². The van der Waals surface area contributed by atoms with Gasteiger partial charge < -0.3 is 14.5 Å². The van der Waals surface area contributed by atoms with Crippen LogP contribution in [0.25, 0.3) is 0 Å². The van der Waals surface area contributed by atoms with Crippen LogP contribution in [-0.2, 0) is 4.74 Å². The predicted octanol–water partition coefficient (Wildman–Crippen LogP) is 1.85. The lowest BCUT2D eigenvalue weighted by atomic mass is 10.2. The van der Waals surface area contributed by atoms with Crippen molar-refractivity contribution >= 4 is 17.8 Å². The molecule has 0 spiro atoms. The third-order valence-corrected chi connectivity index (χ3v) is 3.89. The van der Waals surface area contributed by atoms with Crippen molar-refractivity contribution in [3.63, 3.8) is 0 Å². The highest BCUT2D eigenvalue weighted by Gasteiger charge is 2.27. The van der Waals surface area contributed by atoms with E-state index in [2.05, 4.69) is 20.3 Å². The number of aryl methyl sites for hydroxylation is 1. The molecule has 8 heteroatoms. The van der Waals surface area contributed by atoms with Crippen molar-refractivity contribution < 1.29 is 9.53 Å². The largest absolute Gasteiger partial charge is 0.368 e. The van der Waals surface area contributed by atoms with Crippen LogP contribution in [0.4, 0.5) is 16.6 Å². The zero-order valence-electron chi connectivity index (χ0n) is 14.6. The molecule has 1 saturated heterocycles. The van der Waals surface area contributed by atoms with Crippen molar-refractivity contribution in [1.82, 2.24) is 19.9 Å². The Morgan fingerprint density at radius 1 is 1.32 bits per heavy atom. The smallest absolute Gasteiger partial charge is 0.323 e. The lowest BCUT2D eigenvalue weighted by molar-refractivity contribution is -0.0157. The Balaban J connectivity index is 1.67. The lowest BCUT2D eigenvalue weighted by Crippen LogP contribution is -2.44. The van der Waals surface area contributed by atoms with Crippen LogP contribution >= 0.6 is 0 Å². The lowest BCUT2D eigenvalue weighted by Gasteiger charge is -2.32. The molecule has 1 atom stereocenters. The number of urea groups is 1. The molecule has 0 saturated carbocycles. The van der Waals surface area contributed by atoms with Gasteiger partial charge in [0.15, 0.2) is 0 Å². The number of carbonyl (C=O) groups is 1. The van der Waals surface area contributed by atoms with Crippen LogP contribution in [0.5, 0.6) is 0 Å². The van der Waals surface area contributed by atoms with Gasteiger partial charge in [0.05, 0.1) is 18.8 Å². The molecule has 0 bridgehead atoms. The van der Waals surface area contributed by atoms with Crippen LogP contribution in [0.15, 0.2) is 30.6 Å². The van der Waals surface area contributed by atoms with Gasteiger partial charge in [-0.1, -0.05) is 6.07 Å². The van der Waals surface area contributed by atoms with E-state index in [9.17, 15) is 4.79 Å². The summed E-state index contributed by atoms with van der Waals surface area (Å²) in [4.78, 5) is 28.9. The van der Waals surface area contributed by atoms with E-state index < -0.39 is 0 Å². The summed E-state index contributed by atoms with van der Waals surface area (Å²) < 4.78 is 5.80. The Hall–Kier alpha value is -2.74. The number of ether oxygens (including phenoxy) is 1. The van der Waals surface area contributed by atoms with Gasteiger partial charge in [0.1, 0.15) is 11.9 Å². The van der Waals surface area contributed by atoms with E-state index in [0.29, 0.717) is 31.5 Å². The van der Waals surface area contributed by atoms with Gasteiger partial charge >= 0.3 is 6.03 Å². The van der Waals surface area contributed by atoms with Crippen molar-refractivity contribution in [2.24, 2.45) is 0 Å². The van der Waals surface area contributed by atoms with Gasteiger partial charge in [-0.25, -0.2) is 19.7 Å². The summed E-state index contributed by atoms with van der Waals surface area (Å²) in [6.45, 7) is 3.37. The van der Waals surface area contributed by atoms with E-state index >= 15 is 0 Å². The molecule has 0 radical (unpaired) electrons. The number of anilines is 2. The molecule has 3 heterocycles. The van der Waals surface area contributed by atoms with E-state index in [4.69, 9.17) is 4.74 Å². The first-order chi connectivity index (χ1) is 12.0. The molecule has 1 unspecified atom stereocenters. The minimum atomic E-state index is -0.271. The topological polar surface area (TPSA) is 83.5 Å². The second kappa shape index (κ2) is 7.43. The van der Waals surface area contributed by atoms with Gasteiger partial charge in [-0.2, -0.15) is 0 Å². The number of hydrogen-bond donors (Lipinski definition) is 1. The summed E-state index contributed by atoms with van der Waals surface area (Å²) in [6.07, 6.45) is 3.16. The average molecular weight is 342 g/mol. The van der Waals surface area contributed by atoms with E-state index in [1.165, 1.54) is 0 Å². The maximum absolute atomic E-state index is 12.5. The standard InChI is InChI=1S/C17H22N6O2/c1-12-4-5-15(19-10-12)21-17(24)23-8-9-25-14(11-23)13-6-7-18-16(20-13)22(2)3/h4-7,10,14H,8-9,11H2,1-3H3,(H,19,21,24). The molecule has 0 aromatic carbocycles. The Morgan fingerprint density at radius 2 is 2.16 bits per heavy atom. The first-order valence-electron chi connectivity index (χ1n) is 8.13. The van der Waals surface area contributed by atoms with Gasteiger partial charge in [0, 0.05) is 33.0 Å². The number of nitrogens with zero attached hydrogens (tertiary/aromatic N) is 5. The zero-order chi connectivity index (χ0) is 17.8. The number of morpholine rings is 1. The summed E-state index contributed by atoms with van der Waals surface area (Å²) in [5.41, 5.74) is 1.81. The minimum Gasteiger partial charge on any atom is -0.368 e. The highest BCUT2D eigenvalue weighted by atomic mass is 16.5. The number of aromatic nitrogens is 3. The molecule has 1 aliphatic rings. The monoisotopic (exact) mass is 342 g/mol. The fraction of sp³-hybridized carbons (Fsp3) is 0.412. The molecule has 3 rings (SSSR count). The minimum absolute atomic E-state index is 0.188. The van der Waals surface area contributed by atoms with Crippen molar-refractivity contribution in [1.29, 1.82) is 0 Å². The fourth-order valence-corrected chi connectivity index (χ4v) is 2.50. The summed E-state index contributed by atoms with van der Waals surface area (Å²) in [5, 5.41) is 2.82. The van der Waals surface area contributed by atoms with Crippen molar-refractivity contribution in [3.8, 4) is 0 Å². The summed E-state index contributed by atoms with van der Waals surface area (Å²) >= 11 is 0. The maximum Gasteiger partial charge on any atom is 0.323 e. The van der Waals surface area contributed by atoms with Crippen molar-refractivity contribution in [2.75, 3.05) is 44.0 Å². The van der Waals surface area contributed by atoms with E-state index in [1.807, 2.05) is 38.1 Å². The number of carbonyl (C=O) groups excluding carboxylic acids is 1. The first-order valence-corrected chi connectivity index (χ1v) is 8.13. The van der Waals surface area contributed by atoms with Crippen LogP contribution in [0.3, 0.4) is 0 Å². The van der Waals surface area contributed by atoms with Gasteiger partial charge in [-0.3, -0.25) is 5.32 Å². The number of hydrogen-bond acceptors (Lipinski definition) is 6. The Morgan fingerprint density at radius 3 is 2.88 bits per heavy atom. The van der Waals surface area contributed by atoms with Crippen molar-refractivity contribution in [2.45, 2.75) is 13.0 Å². The van der Waals surface area contributed by atoms with E-state index in [0.717, 1.165) is 11.3 Å². The Bertz CT molecular complexity index is 734. The van der Waals surface area contributed by atoms with Gasteiger partial charge in [0.2, 0.25) is 5.95 Å². The van der Waals surface area contributed by atoms with Crippen LogP contribution in [0.2, 0.25) is 0 Å². The number of amides is 2. The summed E-state index contributed by atoms with van der Waals surface area (Å²) in [5.74, 6) is 1.15. The van der Waals surface area contributed by atoms with Crippen LogP contribution in [0, 0.1) is 6.92 Å². The quantitative estimate of drug-likeness (QED) is 0.916.